The summed E-state index contributed by atoms with van der Waals surface area (Å²) in [6, 6.07) is 15.8. The molecule has 0 N–H and O–H groups in total. The zero-order valence-electron chi connectivity index (χ0n) is 19.1. The lowest BCUT2D eigenvalue weighted by atomic mass is 10.2. The van der Waals surface area contributed by atoms with Gasteiger partial charge < -0.3 is 18.3 Å². The van der Waals surface area contributed by atoms with Crippen molar-refractivity contribution in [3.8, 4) is 0 Å². The number of furan rings is 2. The summed E-state index contributed by atoms with van der Waals surface area (Å²) in [7, 11) is -3.71. The Hall–Kier alpha value is -3.59. The highest BCUT2D eigenvalue weighted by Crippen LogP contribution is 2.22. The molecule has 0 aliphatic rings. The van der Waals surface area contributed by atoms with E-state index in [1.54, 1.807) is 52.1 Å². The molecule has 0 radical (unpaired) electrons. The minimum absolute atomic E-state index is 0.00319. The van der Waals surface area contributed by atoms with Crippen LogP contribution in [0, 0.1) is 5.92 Å². The Bertz CT molecular complexity index is 1310. The fourth-order valence-corrected chi connectivity index (χ4v) is 5.23. The van der Waals surface area contributed by atoms with E-state index in [-0.39, 0.29) is 41.6 Å². The van der Waals surface area contributed by atoms with E-state index < -0.39 is 9.84 Å². The Morgan fingerprint density at radius 2 is 1.74 bits per heavy atom. The minimum Gasteiger partial charge on any atom is -0.467 e. The summed E-state index contributed by atoms with van der Waals surface area (Å²) in [5, 5.41) is 0.00319. The van der Waals surface area contributed by atoms with Crippen LogP contribution in [0.25, 0.3) is 0 Å². The van der Waals surface area contributed by atoms with Crippen LogP contribution in [0.4, 0.5) is 0 Å². The number of carbonyl (C=O) groups excluding carboxylic acids is 1. The van der Waals surface area contributed by atoms with E-state index in [1.807, 2.05) is 32.0 Å². The highest BCUT2D eigenvalue weighted by Gasteiger charge is 2.27. The van der Waals surface area contributed by atoms with Gasteiger partial charge in [0.2, 0.25) is 15.0 Å². The number of hydrogen-bond donors (Lipinski definition) is 0. The zero-order chi connectivity index (χ0) is 24.1. The number of carbonyl (C=O) groups is 1. The molecule has 8 nitrogen and oxygen atoms in total. The molecule has 1 amide bonds. The van der Waals surface area contributed by atoms with Crippen LogP contribution < -0.4 is 0 Å². The summed E-state index contributed by atoms with van der Waals surface area (Å²) in [5.74, 6) is 0.486. The van der Waals surface area contributed by atoms with Crippen LogP contribution >= 0.6 is 0 Å². The number of benzene rings is 1. The lowest BCUT2D eigenvalue weighted by Crippen LogP contribution is -2.31. The Morgan fingerprint density at radius 1 is 1.00 bits per heavy atom. The fraction of sp³-hybridized carbons (Fsp3) is 0.280. The molecule has 0 spiro atoms. The van der Waals surface area contributed by atoms with Gasteiger partial charge >= 0.3 is 0 Å². The van der Waals surface area contributed by atoms with Crippen LogP contribution in [0.1, 0.15) is 41.4 Å². The van der Waals surface area contributed by atoms with Crippen LogP contribution in [0.5, 0.6) is 0 Å². The highest BCUT2D eigenvalue weighted by molar-refractivity contribution is 7.90. The highest BCUT2D eigenvalue weighted by atomic mass is 32.2. The molecule has 0 aliphatic carbocycles. The summed E-state index contributed by atoms with van der Waals surface area (Å²) >= 11 is 0. The molecule has 0 saturated heterocycles. The van der Waals surface area contributed by atoms with E-state index in [9.17, 15) is 13.2 Å². The molecule has 0 fully saturated rings. The molecule has 4 aromatic rings. The van der Waals surface area contributed by atoms with Gasteiger partial charge in [-0.15, -0.1) is 0 Å². The van der Waals surface area contributed by atoms with Crippen LogP contribution in [0.2, 0.25) is 0 Å². The molecule has 34 heavy (non-hydrogen) atoms. The Balaban J connectivity index is 1.67. The third kappa shape index (κ3) is 5.48. The maximum atomic E-state index is 13.3. The predicted molar refractivity (Wildman–Crippen MR) is 125 cm³/mol. The van der Waals surface area contributed by atoms with Crippen LogP contribution in [0.15, 0.2) is 87.3 Å². The number of hydrogen-bond acceptors (Lipinski definition) is 6. The van der Waals surface area contributed by atoms with Gasteiger partial charge in [0.15, 0.2) is 5.76 Å². The van der Waals surface area contributed by atoms with Gasteiger partial charge in [0.1, 0.15) is 5.76 Å². The van der Waals surface area contributed by atoms with Crippen molar-refractivity contribution in [2.75, 3.05) is 0 Å². The minimum atomic E-state index is -3.71. The summed E-state index contributed by atoms with van der Waals surface area (Å²) < 4.78 is 39.0. The molecule has 178 valence electrons. The smallest absolute Gasteiger partial charge is 0.290 e. The van der Waals surface area contributed by atoms with E-state index in [0.29, 0.717) is 23.6 Å². The summed E-state index contributed by atoms with van der Waals surface area (Å²) in [4.78, 5) is 19.0. The number of sulfone groups is 1. The van der Waals surface area contributed by atoms with Gasteiger partial charge in [-0.05, 0) is 35.7 Å². The number of imidazole rings is 1. The first-order chi connectivity index (χ1) is 16.3. The van der Waals surface area contributed by atoms with E-state index in [4.69, 9.17) is 8.83 Å². The molecule has 1 aromatic carbocycles. The normalized spacial score (nSPS) is 11.7. The first kappa shape index (κ1) is 23.6. The quantitative estimate of drug-likeness (QED) is 0.330. The van der Waals surface area contributed by atoms with Crippen molar-refractivity contribution >= 4 is 15.7 Å². The third-order valence-corrected chi connectivity index (χ3v) is 6.82. The number of nitrogens with zero attached hydrogens (tertiary/aromatic N) is 3. The first-order valence-electron chi connectivity index (χ1n) is 11.0. The van der Waals surface area contributed by atoms with Crippen molar-refractivity contribution in [3.05, 3.63) is 96.1 Å². The third-order valence-electron chi connectivity index (χ3n) is 5.23. The first-order valence-corrected chi connectivity index (χ1v) is 12.6. The van der Waals surface area contributed by atoms with Gasteiger partial charge in [0, 0.05) is 6.54 Å². The number of amides is 1. The SMILES string of the molecule is CC(C)Cn1c(CN(Cc2ccco2)C(=O)c2ccco2)cnc1S(=O)(=O)Cc1ccccc1. The van der Waals surface area contributed by atoms with Crippen molar-refractivity contribution in [2.45, 2.75) is 44.4 Å². The van der Waals surface area contributed by atoms with Crippen molar-refractivity contribution in [3.63, 3.8) is 0 Å². The van der Waals surface area contributed by atoms with Crippen LogP contribution in [-0.4, -0.2) is 28.8 Å². The molecule has 0 bridgehead atoms. The van der Waals surface area contributed by atoms with E-state index in [2.05, 4.69) is 4.98 Å². The summed E-state index contributed by atoms with van der Waals surface area (Å²) in [6.45, 7) is 4.80. The largest absolute Gasteiger partial charge is 0.467 e. The average Bonchev–Trinajstić information content (AvgIpc) is 3.56. The van der Waals surface area contributed by atoms with Crippen molar-refractivity contribution in [1.29, 1.82) is 0 Å². The van der Waals surface area contributed by atoms with Gasteiger partial charge in [-0.3, -0.25) is 4.79 Å². The van der Waals surface area contributed by atoms with E-state index >= 15 is 0 Å². The second-order valence-electron chi connectivity index (χ2n) is 8.50. The predicted octanol–water partition coefficient (Wildman–Crippen LogP) is 4.54. The fourth-order valence-electron chi connectivity index (χ4n) is 3.73. The van der Waals surface area contributed by atoms with Gasteiger partial charge in [-0.1, -0.05) is 44.2 Å². The molecule has 0 saturated carbocycles. The topological polar surface area (TPSA) is 98.5 Å². The Labute approximate surface area is 198 Å². The molecule has 3 heterocycles. The van der Waals surface area contributed by atoms with Crippen molar-refractivity contribution in [2.24, 2.45) is 5.92 Å². The number of rotatable bonds is 10. The lowest BCUT2D eigenvalue weighted by molar-refractivity contribution is 0.0680. The molecule has 3 aromatic heterocycles. The molecular weight excluding hydrogens is 454 g/mol. The van der Waals surface area contributed by atoms with E-state index in [0.717, 1.165) is 0 Å². The monoisotopic (exact) mass is 481 g/mol. The van der Waals surface area contributed by atoms with Gasteiger partial charge in [0.05, 0.1) is 43.3 Å². The van der Waals surface area contributed by atoms with Crippen molar-refractivity contribution < 1.29 is 22.0 Å². The molecule has 4 rings (SSSR count). The zero-order valence-corrected chi connectivity index (χ0v) is 19.9. The van der Waals surface area contributed by atoms with Gasteiger partial charge in [-0.25, -0.2) is 13.4 Å². The molecule has 0 aliphatic heterocycles. The number of aromatic nitrogens is 2. The standard InChI is InChI=1S/C25H27N3O5S/c1-19(2)15-28-21(14-26-25(28)34(30,31)18-20-8-4-3-5-9-20)16-27(17-22-10-6-12-32-22)24(29)23-11-7-13-33-23/h3-14,19H,15-18H2,1-2H3. The lowest BCUT2D eigenvalue weighted by Gasteiger charge is -2.22. The van der Waals surface area contributed by atoms with E-state index in [1.165, 1.54) is 12.5 Å². The second-order valence-corrected chi connectivity index (χ2v) is 10.4. The van der Waals surface area contributed by atoms with Gasteiger partial charge in [-0.2, -0.15) is 0 Å². The maximum Gasteiger partial charge on any atom is 0.290 e. The Kier molecular flexibility index (Phi) is 7.02. The molecule has 9 heteroatoms. The van der Waals surface area contributed by atoms with Crippen molar-refractivity contribution in [1.82, 2.24) is 14.5 Å². The second kappa shape index (κ2) is 10.1. The Morgan fingerprint density at radius 3 is 2.38 bits per heavy atom. The molecule has 0 atom stereocenters. The van der Waals surface area contributed by atoms with Crippen LogP contribution in [0.3, 0.4) is 0 Å². The van der Waals surface area contributed by atoms with Crippen LogP contribution in [-0.2, 0) is 35.2 Å². The molecular formula is C25H27N3O5S. The maximum absolute atomic E-state index is 13.3. The average molecular weight is 482 g/mol. The summed E-state index contributed by atoms with van der Waals surface area (Å²) in [5.41, 5.74) is 1.31. The summed E-state index contributed by atoms with van der Waals surface area (Å²) in [6.07, 6.45) is 4.52. The molecule has 0 unspecified atom stereocenters. The van der Waals surface area contributed by atoms with Gasteiger partial charge in [0.25, 0.3) is 5.91 Å².